The Hall–Kier alpha value is -2.32. The number of hydrogen-bond donors (Lipinski definition) is 2. The number of ether oxygens (including phenoxy) is 1. The van der Waals surface area contributed by atoms with E-state index in [1.54, 1.807) is 20.8 Å². The zero-order valence-corrected chi connectivity index (χ0v) is 13.9. The van der Waals surface area contributed by atoms with Gasteiger partial charge in [-0.15, -0.1) is 0 Å². The molecule has 0 aliphatic carbocycles. The Morgan fingerprint density at radius 2 is 1.80 bits per heavy atom. The van der Waals surface area contributed by atoms with Crippen LogP contribution in [0.1, 0.15) is 38.3 Å². The summed E-state index contributed by atoms with van der Waals surface area (Å²) in [5.74, 6) is -2.37. The van der Waals surface area contributed by atoms with E-state index >= 15 is 0 Å². The average Bonchev–Trinajstić information content (AvgIpc) is 2.33. The monoisotopic (exact) mass is 365 g/mol. The lowest BCUT2D eigenvalue weighted by molar-refractivity contribution is -0.138. The standard InChI is InChI=1S/C16H19F4NO4/c1-15(2,3)25-14(24)21-12(8-13(22)23)6-9-4-10(16(18,19)20)7-11(17)5-9/h4-5,7,12H,6,8H2,1-3H3,(H,21,24)(H,22,23). The number of carbonyl (C=O) groups is 2. The summed E-state index contributed by atoms with van der Waals surface area (Å²) >= 11 is 0. The maximum absolute atomic E-state index is 13.4. The number of rotatable bonds is 5. The van der Waals surface area contributed by atoms with E-state index in [0.717, 1.165) is 6.07 Å². The normalized spacial score (nSPS) is 13.2. The largest absolute Gasteiger partial charge is 0.481 e. The van der Waals surface area contributed by atoms with Crippen LogP contribution in [0.2, 0.25) is 0 Å². The van der Waals surface area contributed by atoms with E-state index in [0.29, 0.717) is 12.1 Å². The second-order valence-electron chi connectivity index (χ2n) is 6.49. The molecule has 1 aromatic carbocycles. The summed E-state index contributed by atoms with van der Waals surface area (Å²) in [6.45, 7) is 4.79. The van der Waals surface area contributed by atoms with Crippen LogP contribution in [0.4, 0.5) is 22.4 Å². The Kier molecular flexibility index (Phi) is 6.39. The summed E-state index contributed by atoms with van der Waals surface area (Å²) in [6, 6.07) is 0.863. The van der Waals surface area contributed by atoms with Crippen molar-refractivity contribution in [1.82, 2.24) is 5.32 Å². The van der Waals surface area contributed by atoms with Crippen LogP contribution >= 0.6 is 0 Å². The van der Waals surface area contributed by atoms with E-state index < -0.39 is 47.7 Å². The van der Waals surface area contributed by atoms with Crippen LogP contribution in [-0.4, -0.2) is 28.8 Å². The van der Waals surface area contributed by atoms with Gasteiger partial charge in [-0.1, -0.05) is 0 Å². The maximum atomic E-state index is 13.4. The molecule has 140 valence electrons. The molecule has 0 aromatic heterocycles. The van der Waals surface area contributed by atoms with Crippen LogP contribution in [0.15, 0.2) is 18.2 Å². The Morgan fingerprint density at radius 3 is 2.28 bits per heavy atom. The number of hydrogen-bond acceptors (Lipinski definition) is 3. The molecule has 0 aliphatic rings. The molecule has 1 unspecified atom stereocenters. The molecule has 0 saturated carbocycles. The van der Waals surface area contributed by atoms with Crippen LogP contribution in [0.3, 0.4) is 0 Å². The highest BCUT2D eigenvalue weighted by Gasteiger charge is 2.31. The molecule has 2 N–H and O–H groups in total. The number of alkyl halides is 3. The highest BCUT2D eigenvalue weighted by molar-refractivity contribution is 5.71. The van der Waals surface area contributed by atoms with Crippen molar-refractivity contribution < 1.29 is 37.0 Å². The lowest BCUT2D eigenvalue weighted by Gasteiger charge is -2.23. The van der Waals surface area contributed by atoms with Gasteiger partial charge in [-0.05, 0) is 51.0 Å². The number of halogens is 4. The molecular formula is C16H19F4NO4. The summed E-state index contributed by atoms with van der Waals surface area (Å²) in [5, 5.41) is 11.2. The zero-order chi connectivity index (χ0) is 19.4. The molecule has 0 bridgehead atoms. The predicted octanol–water partition coefficient (Wildman–Crippen LogP) is 3.76. The first-order valence-corrected chi connectivity index (χ1v) is 7.34. The van der Waals surface area contributed by atoms with Crippen molar-refractivity contribution in [3.8, 4) is 0 Å². The van der Waals surface area contributed by atoms with Gasteiger partial charge < -0.3 is 15.2 Å². The highest BCUT2D eigenvalue weighted by Crippen LogP contribution is 2.30. The smallest absolute Gasteiger partial charge is 0.416 e. The molecule has 1 atom stereocenters. The Balaban J connectivity index is 2.97. The van der Waals surface area contributed by atoms with E-state index in [1.165, 1.54) is 0 Å². The number of benzene rings is 1. The number of alkyl carbamates (subject to hydrolysis) is 1. The number of nitrogens with one attached hydrogen (secondary N) is 1. The second kappa shape index (κ2) is 7.71. The lowest BCUT2D eigenvalue weighted by Crippen LogP contribution is -2.41. The zero-order valence-electron chi connectivity index (χ0n) is 13.9. The van der Waals surface area contributed by atoms with Gasteiger partial charge in [0.05, 0.1) is 12.0 Å². The van der Waals surface area contributed by atoms with Gasteiger partial charge >= 0.3 is 18.2 Å². The summed E-state index contributed by atoms with van der Waals surface area (Å²) in [5.41, 5.74) is -2.11. The van der Waals surface area contributed by atoms with Gasteiger partial charge in [0.2, 0.25) is 0 Å². The summed E-state index contributed by atoms with van der Waals surface area (Å²) in [6.07, 6.45) is -6.51. The topological polar surface area (TPSA) is 75.6 Å². The Bertz CT molecular complexity index is 638. The molecule has 0 saturated heterocycles. The maximum Gasteiger partial charge on any atom is 0.416 e. The summed E-state index contributed by atoms with van der Waals surface area (Å²) in [7, 11) is 0. The van der Waals surface area contributed by atoms with E-state index in [1.807, 2.05) is 0 Å². The lowest BCUT2D eigenvalue weighted by atomic mass is 10.0. The molecule has 1 rings (SSSR count). The number of carboxylic acids is 1. The van der Waals surface area contributed by atoms with Gasteiger partial charge in [0.25, 0.3) is 0 Å². The molecule has 0 spiro atoms. The quantitative estimate of drug-likeness (QED) is 0.779. The highest BCUT2D eigenvalue weighted by atomic mass is 19.4. The van der Waals surface area contributed by atoms with E-state index in [4.69, 9.17) is 9.84 Å². The molecule has 0 heterocycles. The molecule has 0 aliphatic heterocycles. The Labute approximate surface area is 142 Å². The molecule has 25 heavy (non-hydrogen) atoms. The van der Waals surface area contributed by atoms with Crippen molar-refractivity contribution in [3.05, 3.63) is 35.1 Å². The minimum atomic E-state index is -4.74. The van der Waals surface area contributed by atoms with Crippen molar-refractivity contribution in [2.75, 3.05) is 0 Å². The molecular weight excluding hydrogens is 346 g/mol. The van der Waals surface area contributed by atoms with E-state index in [-0.39, 0.29) is 12.0 Å². The fraction of sp³-hybridized carbons (Fsp3) is 0.500. The molecule has 9 heteroatoms. The van der Waals surface area contributed by atoms with Crippen molar-refractivity contribution in [1.29, 1.82) is 0 Å². The van der Waals surface area contributed by atoms with E-state index in [2.05, 4.69) is 5.32 Å². The molecule has 1 aromatic rings. The molecule has 1 amide bonds. The van der Waals surface area contributed by atoms with Crippen molar-refractivity contribution >= 4 is 12.1 Å². The minimum absolute atomic E-state index is 0.0883. The average molecular weight is 365 g/mol. The number of amides is 1. The van der Waals surface area contributed by atoms with Gasteiger partial charge in [0, 0.05) is 6.04 Å². The van der Waals surface area contributed by atoms with Gasteiger partial charge in [-0.25, -0.2) is 9.18 Å². The van der Waals surface area contributed by atoms with Crippen LogP contribution in [0, 0.1) is 5.82 Å². The number of aliphatic carboxylic acids is 1. The fourth-order valence-electron chi connectivity index (χ4n) is 2.08. The van der Waals surface area contributed by atoms with Gasteiger partial charge in [-0.2, -0.15) is 13.2 Å². The minimum Gasteiger partial charge on any atom is -0.481 e. The third-order valence-corrected chi connectivity index (χ3v) is 2.91. The van der Waals surface area contributed by atoms with Gasteiger partial charge in [0.15, 0.2) is 0 Å². The molecule has 5 nitrogen and oxygen atoms in total. The number of carbonyl (C=O) groups excluding carboxylic acids is 1. The predicted molar refractivity (Wildman–Crippen MR) is 80.5 cm³/mol. The molecule has 0 radical (unpaired) electrons. The van der Waals surface area contributed by atoms with Crippen LogP contribution in [0.25, 0.3) is 0 Å². The van der Waals surface area contributed by atoms with Crippen molar-refractivity contribution in [2.24, 2.45) is 0 Å². The first-order chi connectivity index (χ1) is 11.3. The van der Waals surface area contributed by atoms with Crippen molar-refractivity contribution in [2.45, 2.75) is 51.4 Å². The Morgan fingerprint density at radius 1 is 1.20 bits per heavy atom. The SMILES string of the molecule is CC(C)(C)OC(=O)NC(CC(=O)O)Cc1cc(F)cc(C(F)(F)F)c1. The first-order valence-electron chi connectivity index (χ1n) is 7.34. The van der Waals surface area contributed by atoms with Gasteiger partial charge in [-0.3, -0.25) is 4.79 Å². The fourth-order valence-corrected chi connectivity index (χ4v) is 2.08. The second-order valence-corrected chi connectivity index (χ2v) is 6.49. The van der Waals surface area contributed by atoms with Crippen LogP contribution in [0.5, 0.6) is 0 Å². The summed E-state index contributed by atoms with van der Waals surface area (Å²) in [4.78, 5) is 22.7. The first kappa shape index (κ1) is 20.7. The van der Waals surface area contributed by atoms with E-state index in [9.17, 15) is 27.2 Å². The van der Waals surface area contributed by atoms with Gasteiger partial charge in [0.1, 0.15) is 11.4 Å². The molecule has 0 fully saturated rings. The van der Waals surface area contributed by atoms with Crippen LogP contribution in [-0.2, 0) is 22.1 Å². The summed E-state index contributed by atoms with van der Waals surface area (Å²) < 4.78 is 56.6. The third kappa shape index (κ3) is 7.86. The van der Waals surface area contributed by atoms with Crippen molar-refractivity contribution in [3.63, 3.8) is 0 Å². The number of carboxylic acid groups (broad SMARTS) is 1. The third-order valence-electron chi connectivity index (χ3n) is 2.91. The van der Waals surface area contributed by atoms with Crippen LogP contribution < -0.4 is 5.32 Å².